The van der Waals surface area contributed by atoms with Gasteiger partial charge in [-0.05, 0) is 30.8 Å². The molecule has 0 unspecified atom stereocenters. The third kappa shape index (κ3) is 6.47. The Hall–Kier alpha value is -1.34. The summed E-state index contributed by atoms with van der Waals surface area (Å²) in [5, 5.41) is 10.2. The Bertz CT molecular complexity index is 502. The maximum atomic E-state index is 10.2. The summed E-state index contributed by atoms with van der Waals surface area (Å²) in [4.78, 5) is 4.54. The average Bonchev–Trinajstić information content (AvgIpc) is 2.65. The molecule has 0 bridgehead atoms. The Kier molecular flexibility index (Phi) is 8.48. The van der Waals surface area contributed by atoms with Gasteiger partial charge in [-0.25, -0.2) is 0 Å². The second-order valence-corrected chi connectivity index (χ2v) is 6.32. The molecule has 1 aliphatic heterocycles. The molecule has 0 saturated carbocycles. The van der Waals surface area contributed by atoms with Crippen LogP contribution in [0, 0.1) is 0 Å². The SMILES string of the molecule is CCN(CC)C[C@H](O)COc1ccc(CN2CCOCC2)cc1OC. The number of aliphatic hydroxyl groups excluding tert-OH is 1. The van der Waals surface area contributed by atoms with Crippen LogP contribution in [-0.4, -0.2) is 80.7 Å². The van der Waals surface area contributed by atoms with Crippen molar-refractivity contribution in [3.8, 4) is 11.5 Å². The number of likely N-dealkylation sites (N-methyl/N-ethyl adjacent to an activating group) is 1. The first-order chi connectivity index (χ1) is 12.2. The van der Waals surface area contributed by atoms with E-state index in [0.717, 1.165) is 45.9 Å². The van der Waals surface area contributed by atoms with Crippen molar-refractivity contribution in [3.63, 3.8) is 0 Å². The van der Waals surface area contributed by atoms with Gasteiger partial charge in [0, 0.05) is 26.2 Å². The molecule has 1 N–H and O–H groups in total. The van der Waals surface area contributed by atoms with Crippen LogP contribution in [0.3, 0.4) is 0 Å². The van der Waals surface area contributed by atoms with Gasteiger partial charge in [0.05, 0.1) is 20.3 Å². The van der Waals surface area contributed by atoms with Crippen LogP contribution in [0.2, 0.25) is 0 Å². The van der Waals surface area contributed by atoms with E-state index in [9.17, 15) is 5.11 Å². The summed E-state index contributed by atoms with van der Waals surface area (Å²) in [5.74, 6) is 1.38. The van der Waals surface area contributed by atoms with Crippen molar-refractivity contribution in [1.82, 2.24) is 9.80 Å². The highest BCUT2D eigenvalue weighted by Gasteiger charge is 2.14. The quantitative estimate of drug-likeness (QED) is 0.690. The lowest BCUT2D eigenvalue weighted by Crippen LogP contribution is -2.35. The molecule has 25 heavy (non-hydrogen) atoms. The zero-order valence-corrected chi connectivity index (χ0v) is 15.7. The zero-order chi connectivity index (χ0) is 18.1. The molecule has 142 valence electrons. The molecule has 1 heterocycles. The summed E-state index contributed by atoms with van der Waals surface area (Å²) in [6, 6.07) is 6.00. The van der Waals surface area contributed by atoms with Gasteiger partial charge in [-0.1, -0.05) is 19.9 Å². The number of hydrogen-bond donors (Lipinski definition) is 1. The molecular formula is C19H32N2O4. The molecule has 1 atom stereocenters. The number of benzene rings is 1. The Morgan fingerprint density at radius 2 is 1.92 bits per heavy atom. The molecule has 6 nitrogen and oxygen atoms in total. The summed E-state index contributed by atoms with van der Waals surface area (Å²) in [5.41, 5.74) is 1.19. The molecule has 1 saturated heterocycles. The summed E-state index contributed by atoms with van der Waals surface area (Å²) in [6.07, 6.45) is -0.516. The molecule has 1 fully saturated rings. The van der Waals surface area contributed by atoms with Crippen LogP contribution in [0.4, 0.5) is 0 Å². The number of nitrogens with zero attached hydrogens (tertiary/aromatic N) is 2. The largest absolute Gasteiger partial charge is 0.493 e. The van der Waals surface area contributed by atoms with E-state index in [1.165, 1.54) is 5.56 Å². The van der Waals surface area contributed by atoms with Gasteiger partial charge in [-0.15, -0.1) is 0 Å². The van der Waals surface area contributed by atoms with Crippen molar-refractivity contribution < 1.29 is 19.3 Å². The number of rotatable bonds is 10. The van der Waals surface area contributed by atoms with E-state index in [4.69, 9.17) is 14.2 Å². The molecule has 1 aromatic rings. The lowest BCUT2D eigenvalue weighted by molar-refractivity contribution is 0.0341. The lowest BCUT2D eigenvalue weighted by atomic mass is 10.2. The van der Waals surface area contributed by atoms with Gasteiger partial charge in [0.15, 0.2) is 11.5 Å². The van der Waals surface area contributed by atoms with Crippen LogP contribution >= 0.6 is 0 Å². The van der Waals surface area contributed by atoms with E-state index in [2.05, 4.69) is 29.7 Å². The van der Waals surface area contributed by atoms with Crippen LogP contribution in [0.15, 0.2) is 18.2 Å². The van der Waals surface area contributed by atoms with Crippen molar-refractivity contribution in [2.24, 2.45) is 0 Å². The minimum atomic E-state index is -0.516. The molecule has 1 aliphatic rings. The molecule has 0 spiro atoms. The van der Waals surface area contributed by atoms with Crippen LogP contribution in [0.5, 0.6) is 11.5 Å². The van der Waals surface area contributed by atoms with E-state index >= 15 is 0 Å². The first kappa shape index (κ1) is 20.0. The van der Waals surface area contributed by atoms with E-state index in [-0.39, 0.29) is 6.61 Å². The van der Waals surface area contributed by atoms with Crippen molar-refractivity contribution in [3.05, 3.63) is 23.8 Å². The smallest absolute Gasteiger partial charge is 0.161 e. The molecule has 0 radical (unpaired) electrons. The number of morpholine rings is 1. The summed E-state index contributed by atoms with van der Waals surface area (Å²) < 4.78 is 16.6. The second kappa shape index (κ2) is 10.6. The fourth-order valence-electron chi connectivity index (χ4n) is 2.97. The minimum absolute atomic E-state index is 0.260. The highest BCUT2D eigenvalue weighted by Crippen LogP contribution is 2.28. The summed E-state index contributed by atoms with van der Waals surface area (Å²) >= 11 is 0. The van der Waals surface area contributed by atoms with Crippen LogP contribution < -0.4 is 9.47 Å². The number of methoxy groups -OCH3 is 1. The Morgan fingerprint density at radius 3 is 2.56 bits per heavy atom. The highest BCUT2D eigenvalue weighted by atomic mass is 16.5. The molecule has 0 aromatic heterocycles. The summed E-state index contributed by atoms with van der Waals surface area (Å²) in [7, 11) is 1.65. The topological polar surface area (TPSA) is 54.4 Å². The standard InChI is InChI=1S/C19H32N2O4/c1-4-20(5-2)14-17(22)15-25-18-7-6-16(12-19(18)23-3)13-21-8-10-24-11-9-21/h6-7,12,17,22H,4-5,8-11,13-15H2,1-3H3/t17-/m0/s1. The molecule has 1 aromatic carbocycles. The number of ether oxygens (including phenoxy) is 3. The summed E-state index contributed by atoms with van der Waals surface area (Å²) in [6.45, 7) is 11.3. The average molecular weight is 352 g/mol. The van der Waals surface area contributed by atoms with Gasteiger partial charge < -0.3 is 24.2 Å². The van der Waals surface area contributed by atoms with Gasteiger partial charge in [0.1, 0.15) is 12.7 Å². The Balaban J connectivity index is 1.89. The van der Waals surface area contributed by atoms with Crippen molar-refractivity contribution >= 4 is 0 Å². The monoisotopic (exact) mass is 352 g/mol. The third-order valence-corrected chi connectivity index (χ3v) is 4.53. The minimum Gasteiger partial charge on any atom is -0.493 e. The maximum Gasteiger partial charge on any atom is 0.161 e. The molecule has 0 amide bonds. The van der Waals surface area contributed by atoms with E-state index < -0.39 is 6.10 Å². The van der Waals surface area contributed by atoms with Gasteiger partial charge >= 0.3 is 0 Å². The predicted octanol–water partition coefficient (Wildman–Crippen LogP) is 1.61. The fourth-order valence-corrected chi connectivity index (χ4v) is 2.97. The Labute approximate surface area is 151 Å². The predicted molar refractivity (Wildman–Crippen MR) is 98.4 cm³/mol. The highest BCUT2D eigenvalue weighted by molar-refractivity contribution is 5.43. The van der Waals surface area contributed by atoms with E-state index in [1.54, 1.807) is 7.11 Å². The van der Waals surface area contributed by atoms with Gasteiger partial charge in [0.2, 0.25) is 0 Å². The lowest BCUT2D eigenvalue weighted by Gasteiger charge is -2.27. The zero-order valence-electron chi connectivity index (χ0n) is 15.7. The number of hydrogen-bond acceptors (Lipinski definition) is 6. The Morgan fingerprint density at radius 1 is 1.20 bits per heavy atom. The second-order valence-electron chi connectivity index (χ2n) is 6.32. The number of aliphatic hydroxyl groups is 1. The molecule has 0 aliphatic carbocycles. The van der Waals surface area contributed by atoms with Crippen molar-refractivity contribution in [2.75, 3.05) is 59.7 Å². The van der Waals surface area contributed by atoms with E-state index in [0.29, 0.717) is 18.0 Å². The first-order valence-corrected chi connectivity index (χ1v) is 9.16. The molecular weight excluding hydrogens is 320 g/mol. The third-order valence-electron chi connectivity index (χ3n) is 4.53. The van der Waals surface area contributed by atoms with Crippen LogP contribution in [-0.2, 0) is 11.3 Å². The van der Waals surface area contributed by atoms with Crippen molar-refractivity contribution in [2.45, 2.75) is 26.5 Å². The van der Waals surface area contributed by atoms with Gasteiger partial charge in [-0.2, -0.15) is 0 Å². The van der Waals surface area contributed by atoms with Crippen molar-refractivity contribution in [1.29, 1.82) is 0 Å². The van der Waals surface area contributed by atoms with Gasteiger partial charge in [0.25, 0.3) is 0 Å². The van der Waals surface area contributed by atoms with Gasteiger partial charge in [-0.3, -0.25) is 4.90 Å². The maximum absolute atomic E-state index is 10.2. The molecule has 2 rings (SSSR count). The van der Waals surface area contributed by atoms with E-state index in [1.807, 2.05) is 12.1 Å². The normalized spacial score (nSPS) is 16.8. The van der Waals surface area contributed by atoms with Crippen LogP contribution in [0.1, 0.15) is 19.4 Å². The molecule has 6 heteroatoms. The first-order valence-electron chi connectivity index (χ1n) is 9.16. The fraction of sp³-hybridized carbons (Fsp3) is 0.684. The van der Waals surface area contributed by atoms with Crippen LogP contribution in [0.25, 0.3) is 0 Å².